The number of benzene rings is 2. The van der Waals surface area contributed by atoms with Crippen molar-refractivity contribution < 1.29 is 24.2 Å². The monoisotopic (exact) mass is 447 g/mol. The van der Waals surface area contributed by atoms with Crippen LogP contribution in [-0.4, -0.2) is 30.5 Å². The lowest BCUT2D eigenvalue weighted by molar-refractivity contribution is -0.132. The summed E-state index contributed by atoms with van der Waals surface area (Å²) in [5.41, 5.74) is 3.04. The first-order chi connectivity index (χ1) is 15.5. The Hall–Kier alpha value is -3.58. The highest BCUT2D eigenvalue weighted by atomic mass is 32.1. The molecule has 3 heterocycles. The van der Waals surface area contributed by atoms with Gasteiger partial charge in [0.1, 0.15) is 23.3 Å². The van der Waals surface area contributed by atoms with Crippen molar-refractivity contribution >= 4 is 34.5 Å². The lowest BCUT2D eigenvalue weighted by Gasteiger charge is -2.25. The van der Waals surface area contributed by atoms with E-state index in [0.29, 0.717) is 23.6 Å². The minimum atomic E-state index is -0.730. The summed E-state index contributed by atoms with van der Waals surface area (Å²) in [5.74, 6) is -0.211. The van der Waals surface area contributed by atoms with Gasteiger partial charge in [-0.2, -0.15) is 0 Å². The highest BCUT2D eigenvalue weighted by Crippen LogP contribution is 2.45. The Bertz CT molecular complexity index is 1270. The van der Waals surface area contributed by atoms with Gasteiger partial charge in [-0.15, -0.1) is 11.3 Å². The number of amides is 1. The van der Waals surface area contributed by atoms with Gasteiger partial charge in [0.15, 0.2) is 0 Å². The van der Waals surface area contributed by atoms with Crippen molar-refractivity contribution in [3.05, 3.63) is 81.1 Å². The summed E-state index contributed by atoms with van der Waals surface area (Å²) in [4.78, 5) is 28.8. The molecule has 0 radical (unpaired) electrons. The van der Waals surface area contributed by atoms with Crippen LogP contribution in [0.4, 0.5) is 5.69 Å². The summed E-state index contributed by atoms with van der Waals surface area (Å²) in [6.07, 6.45) is 0.738. The minimum absolute atomic E-state index is 0.0854. The molecule has 0 saturated carbocycles. The molecule has 1 fully saturated rings. The maximum Gasteiger partial charge on any atom is 0.300 e. The zero-order valence-corrected chi connectivity index (χ0v) is 18.4. The first kappa shape index (κ1) is 20.3. The van der Waals surface area contributed by atoms with Crippen molar-refractivity contribution in [2.24, 2.45) is 0 Å². The highest BCUT2D eigenvalue weighted by Gasteiger charge is 2.48. The van der Waals surface area contributed by atoms with E-state index in [-0.39, 0.29) is 11.3 Å². The fraction of sp³-hybridized carbons (Fsp3) is 0.200. The molecule has 1 N–H and O–H groups in total. The number of methoxy groups -OCH3 is 1. The van der Waals surface area contributed by atoms with Crippen molar-refractivity contribution in [1.29, 1.82) is 0 Å². The van der Waals surface area contributed by atoms with Gasteiger partial charge in [0.25, 0.3) is 11.7 Å². The molecule has 1 atom stereocenters. The molecule has 32 heavy (non-hydrogen) atoms. The summed E-state index contributed by atoms with van der Waals surface area (Å²) in [7, 11) is 1.55. The number of rotatable bonds is 4. The van der Waals surface area contributed by atoms with Crippen molar-refractivity contribution in [2.75, 3.05) is 18.6 Å². The summed E-state index contributed by atoms with van der Waals surface area (Å²) >= 11 is 1.45. The van der Waals surface area contributed by atoms with E-state index in [9.17, 15) is 14.7 Å². The van der Waals surface area contributed by atoms with Gasteiger partial charge in [-0.25, -0.2) is 0 Å². The number of hydrogen-bond donors (Lipinski definition) is 1. The molecular formula is C25H21NO5S. The van der Waals surface area contributed by atoms with Crippen LogP contribution in [-0.2, 0) is 16.0 Å². The molecule has 2 aromatic carbocycles. The van der Waals surface area contributed by atoms with Crippen LogP contribution in [0.25, 0.3) is 5.76 Å². The zero-order valence-electron chi connectivity index (χ0n) is 17.6. The molecule has 6 nitrogen and oxygen atoms in total. The average Bonchev–Trinajstić information content (AvgIpc) is 3.51. The number of fused-ring (bicyclic) bond motifs is 1. The molecule has 1 unspecified atom stereocenters. The van der Waals surface area contributed by atoms with E-state index in [0.717, 1.165) is 28.2 Å². The number of carbonyl (C=O) groups is 2. The van der Waals surface area contributed by atoms with Crippen LogP contribution in [0.15, 0.2) is 59.5 Å². The van der Waals surface area contributed by atoms with Crippen molar-refractivity contribution in [3.63, 3.8) is 0 Å². The van der Waals surface area contributed by atoms with E-state index in [1.807, 2.05) is 24.4 Å². The summed E-state index contributed by atoms with van der Waals surface area (Å²) in [6, 6.07) is 13.6. The Morgan fingerprint density at radius 1 is 1.19 bits per heavy atom. The SMILES string of the molecule is COc1cccc(N2C(=O)C(=O)/C(=C(\O)c3ccc4c(c3)CCO4)C2c2sccc2C)c1. The van der Waals surface area contributed by atoms with Gasteiger partial charge >= 0.3 is 0 Å². The van der Waals surface area contributed by atoms with Gasteiger partial charge in [-0.3, -0.25) is 14.5 Å². The molecule has 3 aromatic rings. The van der Waals surface area contributed by atoms with E-state index in [2.05, 4.69) is 0 Å². The minimum Gasteiger partial charge on any atom is -0.507 e. The molecular weight excluding hydrogens is 426 g/mol. The van der Waals surface area contributed by atoms with E-state index in [1.165, 1.54) is 16.2 Å². The van der Waals surface area contributed by atoms with Gasteiger partial charge < -0.3 is 14.6 Å². The number of aryl methyl sites for hydroxylation is 1. The third-order valence-electron chi connectivity index (χ3n) is 5.89. The smallest absolute Gasteiger partial charge is 0.300 e. The van der Waals surface area contributed by atoms with E-state index >= 15 is 0 Å². The zero-order chi connectivity index (χ0) is 22.4. The van der Waals surface area contributed by atoms with Crippen LogP contribution in [0.5, 0.6) is 11.5 Å². The largest absolute Gasteiger partial charge is 0.507 e. The quantitative estimate of drug-likeness (QED) is 0.359. The number of hydrogen-bond acceptors (Lipinski definition) is 6. The molecule has 0 bridgehead atoms. The number of aliphatic hydroxyl groups is 1. The molecule has 2 aliphatic rings. The number of ether oxygens (including phenoxy) is 2. The molecule has 1 aromatic heterocycles. The number of Topliss-reactive ketones (excluding diaryl/α,β-unsaturated/α-hetero) is 1. The van der Waals surface area contributed by atoms with Crippen LogP contribution >= 0.6 is 11.3 Å². The fourth-order valence-electron chi connectivity index (χ4n) is 4.26. The first-order valence-electron chi connectivity index (χ1n) is 10.2. The molecule has 0 spiro atoms. The van der Waals surface area contributed by atoms with Crippen LogP contribution in [0.3, 0.4) is 0 Å². The number of nitrogens with zero attached hydrogens (tertiary/aromatic N) is 1. The van der Waals surface area contributed by atoms with Crippen LogP contribution in [0, 0.1) is 6.92 Å². The number of anilines is 1. The highest BCUT2D eigenvalue weighted by molar-refractivity contribution is 7.10. The third-order valence-corrected chi connectivity index (χ3v) is 6.96. The lowest BCUT2D eigenvalue weighted by atomic mass is 9.97. The topological polar surface area (TPSA) is 76.1 Å². The molecule has 1 amide bonds. The van der Waals surface area contributed by atoms with Crippen LogP contribution < -0.4 is 14.4 Å². The van der Waals surface area contributed by atoms with Gasteiger partial charge in [0.2, 0.25) is 0 Å². The van der Waals surface area contributed by atoms with E-state index in [1.54, 1.807) is 43.5 Å². The van der Waals surface area contributed by atoms with Crippen LogP contribution in [0.2, 0.25) is 0 Å². The summed E-state index contributed by atoms with van der Waals surface area (Å²) in [6.45, 7) is 2.53. The Morgan fingerprint density at radius 2 is 2.03 bits per heavy atom. The Kier molecular flexibility index (Phi) is 4.98. The normalized spacial score (nSPS) is 19.2. The Labute approximate surface area is 189 Å². The van der Waals surface area contributed by atoms with Crippen molar-refractivity contribution in [3.8, 4) is 11.5 Å². The molecule has 1 saturated heterocycles. The number of carbonyl (C=O) groups excluding carboxylic acids is 2. The summed E-state index contributed by atoms with van der Waals surface area (Å²) < 4.78 is 10.9. The number of aliphatic hydroxyl groups excluding tert-OH is 1. The molecule has 7 heteroatoms. The summed E-state index contributed by atoms with van der Waals surface area (Å²) in [5, 5.41) is 13.2. The third kappa shape index (κ3) is 3.17. The number of ketones is 1. The average molecular weight is 448 g/mol. The van der Waals surface area contributed by atoms with Crippen molar-refractivity contribution in [2.45, 2.75) is 19.4 Å². The van der Waals surface area contributed by atoms with E-state index < -0.39 is 17.7 Å². The maximum atomic E-state index is 13.2. The number of thiophene rings is 1. The second kappa shape index (κ2) is 7.84. The van der Waals surface area contributed by atoms with Gasteiger partial charge in [0, 0.05) is 28.6 Å². The van der Waals surface area contributed by atoms with Gasteiger partial charge in [-0.1, -0.05) is 6.07 Å². The molecule has 2 aliphatic heterocycles. The molecule has 162 valence electrons. The second-order valence-electron chi connectivity index (χ2n) is 7.76. The van der Waals surface area contributed by atoms with Gasteiger partial charge in [-0.05, 0) is 59.8 Å². The van der Waals surface area contributed by atoms with Gasteiger partial charge in [0.05, 0.1) is 19.3 Å². The Balaban J connectivity index is 1.70. The van der Waals surface area contributed by atoms with Crippen LogP contribution in [0.1, 0.15) is 27.6 Å². The standard InChI is InChI=1S/C25H21NO5S/c1-14-9-11-32-24(14)21-20(22(27)16-6-7-19-15(12-16)8-10-31-19)23(28)25(29)26(21)17-4-3-5-18(13-17)30-2/h3-7,9,11-13,21,27H,8,10H2,1-2H3/b22-20-. The Morgan fingerprint density at radius 3 is 2.78 bits per heavy atom. The predicted molar refractivity (Wildman–Crippen MR) is 122 cm³/mol. The lowest BCUT2D eigenvalue weighted by Crippen LogP contribution is -2.29. The maximum absolute atomic E-state index is 13.2. The predicted octanol–water partition coefficient (Wildman–Crippen LogP) is 4.63. The van der Waals surface area contributed by atoms with Crippen molar-refractivity contribution in [1.82, 2.24) is 0 Å². The second-order valence-corrected chi connectivity index (χ2v) is 8.71. The fourth-order valence-corrected chi connectivity index (χ4v) is 5.29. The van der Waals surface area contributed by atoms with E-state index in [4.69, 9.17) is 9.47 Å². The molecule has 0 aliphatic carbocycles. The molecule has 5 rings (SSSR count). The first-order valence-corrected chi connectivity index (χ1v) is 11.1.